The minimum atomic E-state index is -4.92. The van der Waals surface area contributed by atoms with Crippen molar-refractivity contribution in [2.24, 2.45) is 0 Å². The van der Waals surface area contributed by atoms with Crippen LogP contribution in [-0.2, 0) is 12.4 Å². The molecule has 29 heavy (non-hydrogen) atoms. The Labute approximate surface area is 158 Å². The highest BCUT2D eigenvalue weighted by Gasteiger charge is 2.40. The van der Waals surface area contributed by atoms with Crippen LogP contribution in [-0.4, -0.2) is 24.7 Å². The molecule has 0 amide bonds. The van der Waals surface area contributed by atoms with E-state index >= 15 is 0 Å². The monoisotopic (exact) mass is 411 g/mol. The molecule has 0 bridgehead atoms. The summed E-state index contributed by atoms with van der Waals surface area (Å²) in [5, 5.41) is 7.06. The van der Waals surface area contributed by atoms with E-state index < -0.39 is 29.5 Å². The molecule has 0 aliphatic carbocycles. The number of aromatic nitrogens is 5. The van der Waals surface area contributed by atoms with Crippen LogP contribution in [0.1, 0.15) is 24.0 Å². The first-order valence-corrected chi connectivity index (χ1v) is 8.14. The topological polar surface area (TPSA) is 59.4 Å². The molecule has 3 aromatic heterocycles. The number of aromatic amines is 1. The smallest absolute Gasteiger partial charge is 0.277 e. The first-order valence-electron chi connectivity index (χ1n) is 8.14. The zero-order chi connectivity index (χ0) is 21.1. The highest BCUT2D eigenvalue weighted by molar-refractivity contribution is 5.92. The molecule has 1 N–H and O–H groups in total. The van der Waals surface area contributed by atoms with E-state index in [1.807, 2.05) is 0 Å². The Kier molecular flexibility index (Phi) is 3.97. The minimum Gasteiger partial charge on any atom is -0.277 e. The van der Waals surface area contributed by atoms with E-state index in [2.05, 4.69) is 26.7 Å². The average molecular weight is 411 g/mol. The molecular weight excluding hydrogens is 400 g/mol. The summed E-state index contributed by atoms with van der Waals surface area (Å²) in [5.41, 5.74) is -0.691. The summed E-state index contributed by atoms with van der Waals surface area (Å²) in [4.78, 5) is 6.92. The lowest BCUT2D eigenvalue weighted by atomic mass is 10.0. The van der Waals surface area contributed by atoms with Crippen molar-refractivity contribution in [3.63, 3.8) is 0 Å². The van der Waals surface area contributed by atoms with E-state index in [9.17, 15) is 26.3 Å². The fraction of sp³-hybridized carbons (Fsp3) is 0.167. The van der Waals surface area contributed by atoms with Crippen LogP contribution in [0.2, 0.25) is 0 Å². The second-order valence-corrected chi connectivity index (χ2v) is 6.41. The zero-order valence-corrected chi connectivity index (χ0v) is 14.7. The Morgan fingerprint density at radius 1 is 1.03 bits per heavy atom. The SMILES string of the molecule is C=C(C)c1cc(-n2c(C(F)(F)F)nc3ccc(C(F)(F)F)nc32)cc2cn[nH]c12. The summed E-state index contributed by atoms with van der Waals surface area (Å²) >= 11 is 0. The lowest BCUT2D eigenvalue weighted by Crippen LogP contribution is -2.15. The number of nitrogens with zero attached hydrogens (tertiary/aromatic N) is 4. The van der Waals surface area contributed by atoms with Gasteiger partial charge < -0.3 is 0 Å². The molecule has 0 unspecified atom stereocenters. The van der Waals surface area contributed by atoms with Crippen molar-refractivity contribution in [3.05, 3.63) is 54.1 Å². The van der Waals surface area contributed by atoms with Gasteiger partial charge in [0.2, 0.25) is 5.82 Å². The number of halogens is 6. The van der Waals surface area contributed by atoms with E-state index in [0.717, 1.165) is 6.07 Å². The highest BCUT2D eigenvalue weighted by Crippen LogP contribution is 2.36. The Balaban J connectivity index is 2.11. The van der Waals surface area contributed by atoms with Crippen molar-refractivity contribution < 1.29 is 26.3 Å². The third kappa shape index (κ3) is 3.12. The number of alkyl halides is 6. The Morgan fingerprint density at radius 3 is 2.38 bits per heavy atom. The molecule has 4 rings (SSSR count). The molecule has 0 fully saturated rings. The first-order chi connectivity index (χ1) is 13.5. The fourth-order valence-corrected chi connectivity index (χ4v) is 3.06. The van der Waals surface area contributed by atoms with E-state index in [1.54, 1.807) is 6.92 Å². The van der Waals surface area contributed by atoms with E-state index in [0.29, 0.717) is 32.7 Å². The number of pyridine rings is 1. The number of rotatable bonds is 2. The van der Waals surface area contributed by atoms with Crippen LogP contribution in [0.15, 0.2) is 37.0 Å². The summed E-state index contributed by atoms with van der Waals surface area (Å²) in [5.74, 6) is -1.38. The summed E-state index contributed by atoms with van der Waals surface area (Å²) in [6, 6.07) is 4.20. The molecule has 3 heterocycles. The fourth-order valence-electron chi connectivity index (χ4n) is 3.06. The van der Waals surface area contributed by atoms with Gasteiger partial charge in [-0.25, -0.2) is 9.97 Å². The van der Waals surface area contributed by atoms with Gasteiger partial charge in [-0.3, -0.25) is 9.67 Å². The molecule has 0 radical (unpaired) electrons. The van der Waals surface area contributed by atoms with Gasteiger partial charge in [0.1, 0.15) is 11.2 Å². The van der Waals surface area contributed by atoms with Crippen LogP contribution in [0.25, 0.3) is 33.3 Å². The van der Waals surface area contributed by atoms with Gasteiger partial charge in [0.05, 0.1) is 17.4 Å². The molecule has 11 heteroatoms. The summed E-state index contributed by atoms with van der Waals surface area (Å²) in [6.07, 6.45) is -8.35. The van der Waals surface area contributed by atoms with Crippen LogP contribution in [0.4, 0.5) is 26.3 Å². The van der Waals surface area contributed by atoms with Crippen molar-refractivity contribution in [1.29, 1.82) is 0 Å². The zero-order valence-electron chi connectivity index (χ0n) is 14.7. The second-order valence-electron chi connectivity index (χ2n) is 6.41. The number of H-pyrrole nitrogens is 1. The lowest BCUT2D eigenvalue weighted by Gasteiger charge is -2.14. The quantitative estimate of drug-likeness (QED) is 0.452. The Hall–Kier alpha value is -3.37. The molecule has 0 saturated carbocycles. The van der Waals surface area contributed by atoms with Gasteiger partial charge in [0.15, 0.2) is 5.65 Å². The molecule has 150 valence electrons. The van der Waals surface area contributed by atoms with Gasteiger partial charge in [-0.15, -0.1) is 0 Å². The predicted molar refractivity (Wildman–Crippen MR) is 93.2 cm³/mol. The largest absolute Gasteiger partial charge is 0.450 e. The number of hydrogen-bond donors (Lipinski definition) is 1. The lowest BCUT2D eigenvalue weighted by molar-refractivity contribution is -0.145. The molecule has 0 spiro atoms. The maximum absolute atomic E-state index is 13.7. The number of imidazole rings is 1. The van der Waals surface area contributed by atoms with Gasteiger partial charge in [-0.1, -0.05) is 6.58 Å². The number of hydrogen-bond acceptors (Lipinski definition) is 3. The van der Waals surface area contributed by atoms with Crippen LogP contribution in [0.3, 0.4) is 0 Å². The van der Waals surface area contributed by atoms with E-state index in [4.69, 9.17) is 0 Å². The summed E-state index contributed by atoms with van der Waals surface area (Å²) in [6.45, 7) is 5.45. The van der Waals surface area contributed by atoms with E-state index in [-0.39, 0.29) is 11.2 Å². The minimum absolute atomic E-state index is 0.0569. The van der Waals surface area contributed by atoms with Crippen LogP contribution < -0.4 is 0 Å². The molecule has 0 aliphatic heterocycles. The molecule has 0 aliphatic rings. The molecule has 5 nitrogen and oxygen atoms in total. The highest BCUT2D eigenvalue weighted by atomic mass is 19.4. The summed E-state index contributed by atoms with van der Waals surface area (Å²) in [7, 11) is 0. The number of allylic oxidation sites excluding steroid dienone is 1. The predicted octanol–water partition coefficient (Wildman–Crippen LogP) is 5.37. The van der Waals surface area contributed by atoms with Crippen molar-refractivity contribution in [2.75, 3.05) is 0 Å². The normalized spacial score (nSPS) is 12.8. The molecule has 4 aromatic rings. The first kappa shape index (κ1) is 19.0. The van der Waals surface area contributed by atoms with Crippen molar-refractivity contribution in [1.82, 2.24) is 24.7 Å². The van der Waals surface area contributed by atoms with Crippen molar-refractivity contribution in [2.45, 2.75) is 19.3 Å². The maximum atomic E-state index is 13.7. The Bertz CT molecular complexity index is 1260. The molecule has 0 atom stereocenters. The summed E-state index contributed by atoms with van der Waals surface area (Å²) < 4.78 is 80.8. The molecule has 1 aromatic carbocycles. The Morgan fingerprint density at radius 2 is 1.76 bits per heavy atom. The second kappa shape index (κ2) is 6.06. The van der Waals surface area contributed by atoms with Crippen molar-refractivity contribution >= 4 is 27.6 Å². The van der Waals surface area contributed by atoms with Crippen LogP contribution in [0.5, 0.6) is 0 Å². The average Bonchev–Trinajstić information content (AvgIpc) is 3.23. The third-order valence-corrected chi connectivity index (χ3v) is 4.30. The maximum Gasteiger partial charge on any atom is 0.450 e. The number of fused-ring (bicyclic) bond motifs is 2. The van der Waals surface area contributed by atoms with Crippen LogP contribution >= 0.6 is 0 Å². The van der Waals surface area contributed by atoms with E-state index in [1.165, 1.54) is 18.3 Å². The third-order valence-electron chi connectivity index (χ3n) is 4.30. The number of benzene rings is 1. The van der Waals surface area contributed by atoms with Gasteiger partial charge >= 0.3 is 12.4 Å². The number of nitrogens with one attached hydrogen (secondary N) is 1. The van der Waals surface area contributed by atoms with Gasteiger partial charge in [0, 0.05) is 10.9 Å². The van der Waals surface area contributed by atoms with Gasteiger partial charge in [-0.05, 0) is 36.8 Å². The van der Waals surface area contributed by atoms with Crippen LogP contribution in [0, 0.1) is 0 Å². The van der Waals surface area contributed by atoms with Gasteiger partial charge in [-0.2, -0.15) is 31.4 Å². The molecular formula is C18H11F6N5. The van der Waals surface area contributed by atoms with Gasteiger partial charge in [0.25, 0.3) is 0 Å². The van der Waals surface area contributed by atoms with Crippen molar-refractivity contribution in [3.8, 4) is 5.69 Å². The molecule has 0 saturated heterocycles. The standard InChI is InChI=1S/C18H11F6N5/c1-8(2)11-6-10(5-9-7-25-28-14(9)11)29-15-12(26-16(29)18(22,23)24)3-4-13(27-15)17(19,20)21/h3-7H,1H2,2H3,(H,25,28).